The van der Waals surface area contributed by atoms with Gasteiger partial charge in [-0.1, -0.05) is 12.8 Å². The highest BCUT2D eigenvalue weighted by Gasteiger charge is 2.48. The Morgan fingerprint density at radius 1 is 1.65 bits per heavy atom. The molecule has 0 spiro atoms. The van der Waals surface area contributed by atoms with E-state index in [4.69, 9.17) is 5.73 Å². The number of aryl methyl sites for hydroxylation is 1. The molecule has 5 heteroatoms. The number of hydrogen-bond donors (Lipinski definition) is 2. The van der Waals surface area contributed by atoms with Crippen LogP contribution >= 0.6 is 0 Å². The predicted molar refractivity (Wildman–Crippen MR) is 63.5 cm³/mol. The van der Waals surface area contributed by atoms with Crippen LogP contribution in [0.25, 0.3) is 0 Å². The van der Waals surface area contributed by atoms with Crippen molar-refractivity contribution in [2.24, 2.45) is 18.2 Å². The van der Waals surface area contributed by atoms with Gasteiger partial charge in [-0.25, -0.2) is 0 Å². The first-order chi connectivity index (χ1) is 8.12. The molecule has 1 saturated carbocycles. The number of carboxylic acids is 1. The molecule has 0 aliphatic heterocycles. The summed E-state index contributed by atoms with van der Waals surface area (Å²) in [4.78, 5) is 11.6. The molecule has 2 rings (SSSR count). The van der Waals surface area contributed by atoms with E-state index in [1.165, 1.54) is 0 Å². The molecule has 17 heavy (non-hydrogen) atoms. The van der Waals surface area contributed by atoms with E-state index in [0.29, 0.717) is 6.54 Å². The monoisotopic (exact) mass is 237 g/mol. The maximum Gasteiger partial charge on any atom is 0.310 e. The van der Waals surface area contributed by atoms with Crippen LogP contribution in [0.15, 0.2) is 12.3 Å². The smallest absolute Gasteiger partial charge is 0.310 e. The third-order valence-corrected chi connectivity index (χ3v) is 4.04. The standard InChI is InChI=1S/C12H19N3O2/c1-15-10(4-7-14-15)9(8-13)12(11(16)17)5-2-3-6-12/h4,7,9H,2-3,5-6,8,13H2,1H3,(H,16,17)/t9-/m1/s1. The Balaban J connectivity index is 2.40. The molecule has 1 aromatic heterocycles. The molecule has 0 radical (unpaired) electrons. The fraction of sp³-hybridized carbons (Fsp3) is 0.667. The minimum Gasteiger partial charge on any atom is -0.481 e. The third kappa shape index (κ3) is 1.84. The number of aliphatic carboxylic acids is 1. The van der Waals surface area contributed by atoms with Crippen molar-refractivity contribution < 1.29 is 9.90 Å². The van der Waals surface area contributed by atoms with Gasteiger partial charge < -0.3 is 10.8 Å². The number of nitrogens with two attached hydrogens (primary N) is 1. The van der Waals surface area contributed by atoms with Gasteiger partial charge >= 0.3 is 5.97 Å². The van der Waals surface area contributed by atoms with E-state index >= 15 is 0 Å². The Morgan fingerprint density at radius 2 is 2.29 bits per heavy atom. The Kier molecular flexibility index (Phi) is 3.19. The van der Waals surface area contributed by atoms with Gasteiger partial charge in [0.25, 0.3) is 0 Å². The van der Waals surface area contributed by atoms with Crippen molar-refractivity contribution in [2.45, 2.75) is 31.6 Å². The molecule has 0 saturated heterocycles. The van der Waals surface area contributed by atoms with Crippen LogP contribution in [-0.4, -0.2) is 27.4 Å². The molecule has 5 nitrogen and oxygen atoms in total. The highest BCUT2D eigenvalue weighted by atomic mass is 16.4. The predicted octanol–water partition coefficient (Wildman–Crippen LogP) is 1.11. The normalized spacial score (nSPS) is 20.4. The van der Waals surface area contributed by atoms with Crippen molar-refractivity contribution >= 4 is 5.97 Å². The van der Waals surface area contributed by atoms with Crippen LogP contribution in [0.3, 0.4) is 0 Å². The second-order valence-corrected chi connectivity index (χ2v) is 4.84. The molecule has 1 heterocycles. The largest absolute Gasteiger partial charge is 0.481 e. The van der Waals surface area contributed by atoms with Gasteiger partial charge in [0.2, 0.25) is 0 Å². The lowest BCUT2D eigenvalue weighted by molar-refractivity contribution is -0.150. The SMILES string of the molecule is Cn1nccc1[C@@H](CN)C1(C(=O)O)CCCC1. The first-order valence-corrected chi connectivity index (χ1v) is 6.03. The molecule has 0 unspecified atom stereocenters. The van der Waals surface area contributed by atoms with Gasteiger partial charge in [-0.15, -0.1) is 0 Å². The molecule has 1 atom stereocenters. The van der Waals surface area contributed by atoms with Gasteiger partial charge in [0.15, 0.2) is 0 Å². The van der Waals surface area contributed by atoms with Gasteiger partial charge in [-0.3, -0.25) is 9.48 Å². The highest BCUT2D eigenvalue weighted by molar-refractivity contribution is 5.76. The summed E-state index contributed by atoms with van der Waals surface area (Å²) in [5.41, 5.74) is 6.07. The molecule has 1 fully saturated rings. The second kappa shape index (κ2) is 4.49. The minimum atomic E-state index is -0.716. The fourth-order valence-electron chi connectivity index (χ4n) is 3.07. The summed E-state index contributed by atoms with van der Waals surface area (Å²) >= 11 is 0. The fourth-order valence-corrected chi connectivity index (χ4v) is 3.07. The molecule has 0 aromatic carbocycles. The molecule has 3 N–H and O–H groups in total. The summed E-state index contributed by atoms with van der Waals surface area (Å²) < 4.78 is 1.74. The van der Waals surface area contributed by atoms with E-state index in [0.717, 1.165) is 31.4 Å². The van der Waals surface area contributed by atoms with E-state index in [2.05, 4.69) is 5.10 Å². The molecule has 0 bridgehead atoms. The zero-order chi connectivity index (χ0) is 12.5. The first-order valence-electron chi connectivity index (χ1n) is 6.03. The van der Waals surface area contributed by atoms with Crippen LogP contribution in [0.1, 0.15) is 37.3 Å². The minimum absolute atomic E-state index is 0.144. The van der Waals surface area contributed by atoms with Gasteiger partial charge in [-0.2, -0.15) is 5.10 Å². The number of aromatic nitrogens is 2. The van der Waals surface area contributed by atoms with Crippen molar-refractivity contribution in [1.29, 1.82) is 0 Å². The second-order valence-electron chi connectivity index (χ2n) is 4.84. The van der Waals surface area contributed by atoms with Crippen LogP contribution in [0.2, 0.25) is 0 Å². The Morgan fingerprint density at radius 3 is 2.71 bits per heavy atom. The first kappa shape index (κ1) is 12.1. The topological polar surface area (TPSA) is 81.1 Å². The lowest BCUT2D eigenvalue weighted by atomic mass is 9.72. The summed E-state index contributed by atoms with van der Waals surface area (Å²) in [6.07, 6.45) is 5.08. The summed E-state index contributed by atoms with van der Waals surface area (Å²) in [5.74, 6) is -0.860. The van der Waals surface area contributed by atoms with Crippen LogP contribution < -0.4 is 5.73 Å². The highest BCUT2D eigenvalue weighted by Crippen LogP contribution is 2.48. The van der Waals surface area contributed by atoms with Crippen molar-refractivity contribution in [3.8, 4) is 0 Å². The van der Waals surface area contributed by atoms with Crippen molar-refractivity contribution in [1.82, 2.24) is 9.78 Å². The average Bonchev–Trinajstić information content (AvgIpc) is 2.91. The Labute approximate surface area is 101 Å². The number of hydrogen-bond acceptors (Lipinski definition) is 3. The van der Waals surface area contributed by atoms with Gasteiger partial charge in [0.1, 0.15) is 0 Å². The van der Waals surface area contributed by atoms with Crippen molar-refractivity contribution in [2.75, 3.05) is 6.54 Å². The average molecular weight is 237 g/mol. The van der Waals surface area contributed by atoms with Crippen LogP contribution in [0.4, 0.5) is 0 Å². The Bertz CT molecular complexity index is 408. The van der Waals surface area contributed by atoms with E-state index < -0.39 is 11.4 Å². The van der Waals surface area contributed by atoms with Gasteiger partial charge in [0.05, 0.1) is 5.41 Å². The van der Waals surface area contributed by atoms with E-state index in [9.17, 15) is 9.90 Å². The van der Waals surface area contributed by atoms with Crippen LogP contribution in [0.5, 0.6) is 0 Å². The Hall–Kier alpha value is -1.36. The maximum atomic E-state index is 11.6. The zero-order valence-corrected chi connectivity index (χ0v) is 10.1. The van der Waals surface area contributed by atoms with Crippen molar-refractivity contribution in [3.05, 3.63) is 18.0 Å². The molecular weight excluding hydrogens is 218 g/mol. The lowest BCUT2D eigenvalue weighted by Crippen LogP contribution is -2.39. The summed E-state index contributed by atoms with van der Waals surface area (Å²) in [6.45, 7) is 0.353. The van der Waals surface area contributed by atoms with E-state index in [1.54, 1.807) is 10.9 Å². The van der Waals surface area contributed by atoms with Gasteiger partial charge in [-0.05, 0) is 18.9 Å². The van der Waals surface area contributed by atoms with E-state index in [1.807, 2.05) is 13.1 Å². The lowest BCUT2D eigenvalue weighted by Gasteiger charge is -2.32. The molecule has 1 aromatic rings. The maximum absolute atomic E-state index is 11.6. The number of nitrogens with zero attached hydrogens (tertiary/aromatic N) is 2. The summed E-state index contributed by atoms with van der Waals surface area (Å²) in [7, 11) is 1.84. The van der Waals surface area contributed by atoms with Crippen LogP contribution in [0, 0.1) is 5.41 Å². The third-order valence-electron chi connectivity index (χ3n) is 4.04. The van der Waals surface area contributed by atoms with Crippen LogP contribution in [-0.2, 0) is 11.8 Å². The molecule has 94 valence electrons. The summed E-state index contributed by atoms with van der Waals surface area (Å²) in [5, 5.41) is 13.7. The number of carbonyl (C=O) groups is 1. The molecule has 1 aliphatic rings. The quantitative estimate of drug-likeness (QED) is 0.821. The molecule has 1 aliphatic carbocycles. The molecular formula is C12H19N3O2. The van der Waals surface area contributed by atoms with Gasteiger partial charge in [0, 0.05) is 31.4 Å². The van der Waals surface area contributed by atoms with Crippen molar-refractivity contribution in [3.63, 3.8) is 0 Å². The summed E-state index contributed by atoms with van der Waals surface area (Å²) in [6, 6.07) is 1.88. The molecule has 0 amide bonds. The zero-order valence-electron chi connectivity index (χ0n) is 10.1. The number of rotatable bonds is 4. The number of carboxylic acid groups (broad SMARTS) is 1. The van der Waals surface area contributed by atoms with E-state index in [-0.39, 0.29) is 5.92 Å².